The predicted octanol–water partition coefficient (Wildman–Crippen LogP) is 8.04. The van der Waals surface area contributed by atoms with Crippen molar-refractivity contribution in [2.75, 3.05) is 0 Å². The van der Waals surface area contributed by atoms with Crippen LogP contribution in [0, 0.1) is 42.7 Å². The highest BCUT2D eigenvalue weighted by Crippen LogP contribution is 2.40. The molecule has 0 amide bonds. The summed E-state index contributed by atoms with van der Waals surface area (Å²) in [6, 6.07) is 23.2. The van der Waals surface area contributed by atoms with Crippen LogP contribution in [0.4, 0.5) is 13.2 Å². The first-order chi connectivity index (χ1) is 22.6. The lowest BCUT2D eigenvalue weighted by atomic mass is 9.94. The number of nitrogens with zero attached hydrogens (tertiary/aromatic N) is 6. The molecular formula is C36H15F3N6O2. The first kappa shape index (κ1) is 28.8. The van der Waals surface area contributed by atoms with Gasteiger partial charge in [-0.15, -0.1) is 0 Å². The van der Waals surface area contributed by atoms with Crippen molar-refractivity contribution < 1.29 is 22.0 Å². The van der Waals surface area contributed by atoms with Crippen LogP contribution in [0.1, 0.15) is 11.1 Å². The Morgan fingerprint density at radius 2 is 1.23 bits per heavy atom. The quantitative estimate of drug-likeness (QED) is 0.143. The molecule has 0 spiro atoms. The van der Waals surface area contributed by atoms with Crippen molar-refractivity contribution in [2.45, 2.75) is 13.1 Å². The monoisotopic (exact) mass is 620 g/mol. The van der Waals surface area contributed by atoms with Gasteiger partial charge in [0.1, 0.15) is 11.0 Å². The number of nitriles is 2. The van der Waals surface area contributed by atoms with Gasteiger partial charge in [-0.25, -0.2) is 30.2 Å². The zero-order valence-corrected chi connectivity index (χ0v) is 24.1. The topological polar surface area (TPSA) is 108 Å². The van der Waals surface area contributed by atoms with E-state index in [-0.39, 0.29) is 27.9 Å². The molecule has 0 saturated heterocycles. The second kappa shape index (κ2) is 10.6. The largest absolute Gasteiger partial charge is 0.445 e. The van der Waals surface area contributed by atoms with Gasteiger partial charge in [0.25, 0.3) is 0 Å². The van der Waals surface area contributed by atoms with Crippen LogP contribution in [-0.2, 0) is 6.18 Å². The minimum absolute atomic E-state index is 0.131. The van der Waals surface area contributed by atoms with Gasteiger partial charge >= 0.3 is 17.6 Å². The van der Waals surface area contributed by atoms with Crippen molar-refractivity contribution in [3.63, 3.8) is 0 Å². The van der Waals surface area contributed by atoms with Gasteiger partial charge < -0.3 is 8.83 Å². The van der Waals surface area contributed by atoms with Gasteiger partial charge in [-0.3, -0.25) is 0 Å². The van der Waals surface area contributed by atoms with Gasteiger partial charge in [0, 0.05) is 21.9 Å². The van der Waals surface area contributed by atoms with Gasteiger partial charge in [-0.05, 0) is 65.2 Å². The maximum atomic E-state index is 13.3. The van der Waals surface area contributed by atoms with Crippen molar-refractivity contribution in [2.24, 2.45) is 0 Å². The SMILES string of the molecule is [C-]#[N+]/C(C#N)=c1/nc2c(o1)c(-c1ccc(C)cc1)cc1cc3cc(-c4ccc(C(F)(F)F)cc4)c4n/c(=C(\C#N)[N+]#[C-])oc4c3cc12. The molecule has 7 aromatic rings. The summed E-state index contributed by atoms with van der Waals surface area (Å²) in [5.74, 6) is 0. The lowest BCUT2D eigenvalue weighted by Gasteiger charge is -2.11. The fourth-order valence-corrected chi connectivity index (χ4v) is 5.54. The van der Waals surface area contributed by atoms with Crippen molar-refractivity contribution in [3.05, 3.63) is 118 Å². The number of aryl methyl sites for hydroxylation is 1. The molecule has 0 aliphatic carbocycles. The van der Waals surface area contributed by atoms with Crippen LogP contribution in [-0.4, -0.2) is 9.97 Å². The minimum Gasteiger partial charge on any atom is -0.445 e. The highest BCUT2D eigenvalue weighted by atomic mass is 19.4. The van der Waals surface area contributed by atoms with Crippen LogP contribution in [0.25, 0.3) is 87.1 Å². The Kier molecular flexibility index (Phi) is 6.49. The van der Waals surface area contributed by atoms with Gasteiger partial charge in [0.05, 0.1) is 30.8 Å². The predicted molar refractivity (Wildman–Crippen MR) is 168 cm³/mol. The van der Waals surface area contributed by atoms with E-state index in [1.165, 1.54) is 12.1 Å². The zero-order valence-electron chi connectivity index (χ0n) is 24.1. The number of oxazole rings is 2. The standard InChI is InChI=1S/C36H15F3N6O2/c1-18-4-6-20(7-5-18)26-14-21-12-22-13-24(19-8-10-23(11-9-19)36(37,38)39)30-33(47-34(44-30)28(16-40)42-2)27(22)15-25(21)31-32(26)46-35(45-31)29(17-41)43-3/h4-15H,1H3/b34-28-,35-29-. The molecule has 2 heterocycles. The van der Waals surface area contributed by atoms with E-state index in [9.17, 15) is 23.7 Å². The van der Waals surface area contributed by atoms with E-state index >= 15 is 0 Å². The highest BCUT2D eigenvalue weighted by Gasteiger charge is 2.30. The van der Waals surface area contributed by atoms with Crippen LogP contribution in [0.5, 0.6) is 0 Å². The van der Waals surface area contributed by atoms with Crippen LogP contribution >= 0.6 is 0 Å². The summed E-state index contributed by atoms with van der Waals surface area (Å²) in [6.45, 7) is 16.8. The summed E-state index contributed by atoms with van der Waals surface area (Å²) < 4.78 is 52.1. The van der Waals surface area contributed by atoms with E-state index in [0.29, 0.717) is 49.3 Å². The first-order valence-electron chi connectivity index (χ1n) is 13.8. The lowest BCUT2D eigenvalue weighted by molar-refractivity contribution is -0.137. The molecule has 0 aliphatic rings. The molecule has 0 atom stereocenters. The fourth-order valence-electron chi connectivity index (χ4n) is 5.54. The first-order valence-corrected chi connectivity index (χ1v) is 13.8. The molecule has 2 aromatic heterocycles. The van der Waals surface area contributed by atoms with Gasteiger partial charge in [0.2, 0.25) is 11.1 Å². The molecule has 11 heteroatoms. The number of aromatic nitrogens is 2. The Labute approximate surface area is 262 Å². The van der Waals surface area contributed by atoms with E-state index in [1.807, 2.05) is 49.4 Å². The molecule has 7 rings (SSSR count). The summed E-state index contributed by atoms with van der Waals surface area (Å²) in [7, 11) is 0. The maximum absolute atomic E-state index is 13.3. The molecule has 222 valence electrons. The number of rotatable bonds is 2. The summed E-state index contributed by atoms with van der Waals surface area (Å²) in [5.41, 5.74) is 2.69. The van der Waals surface area contributed by atoms with Crippen molar-refractivity contribution in [1.29, 1.82) is 10.5 Å². The number of benzene rings is 5. The van der Waals surface area contributed by atoms with Gasteiger partial charge in [0.15, 0.2) is 11.2 Å². The Balaban J connectivity index is 1.62. The number of alkyl halides is 3. The van der Waals surface area contributed by atoms with Crippen molar-refractivity contribution >= 4 is 55.1 Å². The second-order valence-electron chi connectivity index (χ2n) is 10.6. The summed E-state index contributed by atoms with van der Waals surface area (Å²) in [4.78, 5) is 15.5. The Morgan fingerprint density at radius 1 is 0.702 bits per heavy atom. The maximum Gasteiger partial charge on any atom is 0.416 e. The zero-order chi connectivity index (χ0) is 33.0. The molecule has 0 radical (unpaired) electrons. The third-order valence-corrected chi connectivity index (χ3v) is 7.80. The fraction of sp³-hybridized carbons (Fsp3) is 0.0556. The number of halogens is 3. The number of fused-ring (bicyclic) bond motifs is 6. The van der Waals surface area contributed by atoms with Gasteiger partial charge in [-0.2, -0.15) is 13.2 Å². The summed E-state index contributed by atoms with van der Waals surface area (Å²) >= 11 is 0. The molecule has 0 N–H and O–H groups in total. The van der Waals surface area contributed by atoms with Crippen molar-refractivity contribution in [1.82, 2.24) is 9.97 Å². The number of hydrogen-bond acceptors (Lipinski definition) is 6. The molecule has 5 aromatic carbocycles. The molecule has 0 fully saturated rings. The minimum atomic E-state index is -4.52. The Hall–Kier alpha value is -6.95. The lowest BCUT2D eigenvalue weighted by Crippen LogP contribution is -2.04. The van der Waals surface area contributed by atoms with E-state index in [1.54, 1.807) is 18.2 Å². The molecular weight excluding hydrogens is 605 g/mol. The molecule has 0 unspecified atom stereocenters. The average Bonchev–Trinajstić information content (AvgIpc) is 3.71. The Morgan fingerprint density at radius 3 is 1.83 bits per heavy atom. The number of hydrogen-bond donors (Lipinski definition) is 0. The van der Waals surface area contributed by atoms with Crippen LogP contribution in [0.3, 0.4) is 0 Å². The molecule has 47 heavy (non-hydrogen) atoms. The van der Waals surface area contributed by atoms with Gasteiger partial charge in [-0.1, -0.05) is 42.0 Å². The summed E-state index contributed by atoms with van der Waals surface area (Å²) in [5, 5.41) is 21.5. The van der Waals surface area contributed by atoms with Crippen molar-refractivity contribution in [3.8, 4) is 34.4 Å². The Bertz CT molecular complexity index is 2730. The second-order valence-corrected chi connectivity index (χ2v) is 10.6. The van der Waals surface area contributed by atoms with E-state index in [4.69, 9.17) is 22.0 Å². The van der Waals surface area contributed by atoms with E-state index in [0.717, 1.165) is 23.3 Å². The van der Waals surface area contributed by atoms with Crippen LogP contribution < -0.4 is 11.1 Å². The third-order valence-electron chi connectivity index (χ3n) is 7.80. The average molecular weight is 621 g/mol. The molecule has 8 nitrogen and oxygen atoms in total. The van der Waals surface area contributed by atoms with E-state index in [2.05, 4.69) is 19.7 Å². The smallest absolute Gasteiger partial charge is 0.416 e. The molecule has 0 saturated carbocycles. The highest BCUT2D eigenvalue weighted by molar-refractivity contribution is 6.19. The summed E-state index contributed by atoms with van der Waals surface area (Å²) in [6.07, 6.45) is -4.52. The van der Waals surface area contributed by atoms with Crippen LogP contribution in [0.15, 0.2) is 81.6 Å². The van der Waals surface area contributed by atoms with E-state index < -0.39 is 17.4 Å². The van der Waals surface area contributed by atoms with Crippen LogP contribution in [0.2, 0.25) is 0 Å². The normalized spacial score (nSPS) is 12.9. The molecule has 0 aliphatic heterocycles. The third kappa shape index (κ3) is 4.68. The molecule has 0 bridgehead atoms.